The monoisotopic (exact) mass is 398 g/mol. The Morgan fingerprint density at radius 2 is 2.14 bits per heavy atom. The van der Waals surface area contributed by atoms with E-state index in [1.54, 1.807) is 6.07 Å². The maximum atomic E-state index is 14.0. The summed E-state index contributed by atoms with van der Waals surface area (Å²) in [6.07, 6.45) is 2.78. The van der Waals surface area contributed by atoms with Crippen molar-refractivity contribution < 1.29 is 18.7 Å². The van der Waals surface area contributed by atoms with Crippen molar-refractivity contribution in [3.63, 3.8) is 0 Å². The van der Waals surface area contributed by atoms with Crippen LogP contribution in [0.2, 0.25) is 0 Å². The van der Waals surface area contributed by atoms with Crippen molar-refractivity contribution in [3.05, 3.63) is 65.9 Å². The molecule has 0 unspecified atom stereocenters. The predicted molar refractivity (Wildman–Crippen MR) is 103 cm³/mol. The van der Waals surface area contributed by atoms with Crippen LogP contribution in [0.1, 0.15) is 12.0 Å². The van der Waals surface area contributed by atoms with Crippen LogP contribution in [-0.4, -0.2) is 39.2 Å². The van der Waals surface area contributed by atoms with Crippen LogP contribution in [0.5, 0.6) is 0 Å². The number of carboxylic acids is 1. The van der Waals surface area contributed by atoms with Crippen molar-refractivity contribution in [3.8, 4) is 16.9 Å². The van der Waals surface area contributed by atoms with Gasteiger partial charge in [-0.3, -0.25) is 4.79 Å². The number of hydrogen-bond donors (Lipinski definition) is 2. The fraction of sp³-hybridized carbons (Fsp3) is 0.286. The number of nitrogens with one attached hydrogen (secondary N) is 1. The lowest BCUT2D eigenvalue weighted by Crippen LogP contribution is -2.27. The van der Waals surface area contributed by atoms with E-state index >= 15 is 0 Å². The summed E-state index contributed by atoms with van der Waals surface area (Å²) in [6, 6.07) is 10.5. The minimum Gasteiger partial charge on any atom is -0.481 e. The zero-order valence-electron chi connectivity index (χ0n) is 15.6. The second kappa shape index (κ2) is 8.08. The first kappa shape index (κ1) is 19.2. The van der Waals surface area contributed by atoms with Crippen LogP contribution < -0.4 is 5.32 Å². The van der Waals surface area contributed by atoms with Crippen LogP contribution in [-0.2, 0) is 11.2 Å². The average molecular weight is 398 g/mol. The van der Waals surface area contributed by atoms with Crippen molar-refractivity contribution in [2.24, 2.45) is 11.8 Å². The van der Waals surface area contributed by atoms with Gasteiger partial charge < -0.3 is 10.4 Å². The Kier molecular flexibility index (Phi) is 5.35. The first-order valence-electron chi connectivity index (χ1n) is 9.42. The van der Waals surface area contributed by atoms with Crippen molar-refractivity contribution in [2.75, 3.05) is 13.1 Å². The molecule has 2 heterocycles. The van der Waals surface area contributed by atoms with E-state index in [-0.39, 0.29) is 17.2 Å². The van der Waals surface area contributed by atoms with Gasteiger partial charge in [0.05, 0.1) is 17.8 Å². The van der Waals surface area contributed by atoms with Gasteiger partial charge in [0.2, 0.25) is 0 Å². The summed E-state index contributed by atoms with van der Waals surface area (Å²) in [5.41, 5.74) is 1.79. The molecular weight excluding hydrogens is 378 g/mol. The zero-order chi connectivity index (χ0) is 20.4. The van der Waals surface area contributed by atoms with E-state index in [2.05, 4.69) is 15.6 Å². The Bertz CT molecular complexity index is 1030. The van der Waals surface area contributed by atoms with E-state index in [0.717, 1.165) is 36.7 Å². The van der Waals surface area contributed by atoms with E-state index in [4.69, 9.17) is 0 Å². The molecule has 0 aliphatic carbocycles. The van der Waals surface area contributed by atoms with Gasteiger partial charge in [0.15, 0.2) is 0 Å². The molecule has 2 N–H and O–H groups in total. The molecule has 1 fully saturated rings. The molecule has 0 amide bonds. The number of rotatable bonds is 6. The number of aromatic nitrogens is 3. The third-order valence-corrected chi connectivity index (χ3v) is 5.31. The van der Waals surface area contributed by atoms with Gasteiger partial charge in [0.1, 0.15) is 17.3 Å². The van der Waals surface area contributed by atoms with Crippen LogP contribution in [0.3, 0.4) is 0 Å². The zero-order valence-corrected chi connectivity index (χ0v) is 15.6. The summed E-state index contributed by atoms with van der Waals surface area (Å²) in [6.45, 7) is 1.55. The molecule has 6 nitrogen and oxygen atoms in total. The van der Waals surface area contributed by atoms with E-state index < -0.39 is 23.5 Å². The van der Waals surface area contributed by atoms with Crippen LogP contribution in [0.4, 0.5) is 8.78 Å². The highest BCUT2D eigenvalue weighted by Crippen LogP contribution is 2.25. The Morgan fingerprint density at radius 3 is 2.90 bits per heavy atom. The second-order valence-electron chi connectivity index (χ2n) is 7.24. The second-order valence-corrected chi connectivity index (χ2v) is 7.24. The summed E-state index contributed by atoms with van der Waals surface area (Å²) < 4.78 is 28.9. The number of carboxylic acid groups (broad SMARTS) is 1. The van der Waals surface area contributed by atoms with Gasteiger partial charge in [-0.25, -0.2) is 13.5 Å². The highest BCUT2D eigenvalue weighted by atomic mass is 19.1. The Morgan fingerprint density at radius 1 is 1.28 bits per heavy atom. The minimum absolute atomic E-state index is 0.0343. The molecule has 0 radical (unpaired) electrons. The Hall–Kier alpha value is -3.13. The van der Waals surface area contributed by atoms with Gasteiger partial charge >= 0.3 is 5.97 Å². The van der Waals surface area contributed by atoms with Crippen molar-refractivity contribution in [1.82, 2.24) is 20.3 Å². The largest absolute Gasteiger partial charge is 0.481 e. The first-order chi connectivity index (χ1) is 14.0. The molecule has 3 aromatic rings. The number of nitrogens with zero attached hydrogens (tertiary/aromatic N) is 3. The fourth-order valence-corrected chi connectivity index (χ4v) is 3.76. The summed E-state index contributed by atoms with van der Waals surface area (Å²) in [5, 5.41) is 20.8. The van der Waals surface area contributed by atoms with Gasteiger partial charge in [0, 0.05) is 5.56 Å². The molecule has 0 bridgehead atoms. The van der Waals surface area contributed by atoms with Crippen molar-refractivity contribution >= 4 is 5.97 Å². The fourth-order valence-electron chi connectivity index (χ4n) is 3.76. The van der Waals surface area contributed by atoms with Crippen LogP contribution in [0.25, 0.3) is 16.9 Å². The summed E-state index contributed by atoms with van der Waals surface area (Å²) >= 11 is 0. The molecule has 150 valence electrons. The van der Waals surface area contributed by atoms with E-state index in [9.17, 15) is 18.7 Å². The van der Waals surface area contributed by atoms with E-state index in [0.29, 0.717) is 18.7 Å². The molecule has 1 saturated heterocycles. The van der Waals surface area contributed by atoms with Gasteiger partial charge in [0.25, 0.3) is 0 Å². The topological polar surface area (TPSA) is 80.0 Å². The molecule has 8 heteroatoms. The lowest BCUT2D eigenvalue weighted by molar-refractivity contribution is -0.143. The van der Waals surface area contributed by atoms with E-state index in [1.807, 2.05) is 18.2 Å². The van der Waals surface area contributed by atoms with Gasteiger partial charge in [-0.2, -0.15) is 0 Å². The molecular formula is C21H20F2N4O2. The number of benzene rings is 2. The number of hydrogen-bond acceptors (Lipinski definition) is 4. The van der Waals surface area contributed by atoms with Gasteiger partial charge in [-0.15, -0.1) is 5.10 Å². The van der Waals surface area contributed by atoms with Crippen LogP contribution in [0, 0.1) is 23.5 Å². The molecule has 2 aromatic carbocycles. The molecule has 4 rings (SSSR count). The van der Waals surface area contributed by atoms with E-state index in [1.165, 1.54) is 10.9 Å². The maximum Gasteiger partial charge on any atom is 0.307 e. The standard InChI is InChI=1S/C21H20F2N4O2/c22-15-4-5-19(23)18(10-15)20-12-27(26-25-20)16-3-1-2-13(8-16)9-17(21(28)29)14-6-7-24-11-14/h1-5,8,10,12,14,17,24H,6-7,9,11H2,(H,28,29)/t14-,17-/m0/s1. The van der Waals surface area contributed by atoms with Gasteiger partial charge in [-0.1, -0.05) is 17.3 Å². The quantitative estimate of drug-likeness (QED) is 0.667. The summed E-state index contributed by atoms with van der Waals surface area (Å²) in [5.74, 6) is -2.30. The van der Waals surface area contributed by atoms with Gasteiger partial charge in [-0.05, 0) is 67.7 Å². The highest BCUT2D eigenvalue weighted by molar-refractivity contribution is 5.71. The van der Waals surface area contributed by atoms with Crippen molar-refractivity contribution in [1.29, 1.82) is 0 Å². The average Bonchev–Trinajstić information content (AvgIpc) is 3.40. The molecule has 1 aliphatic heterocycles. The minimum atomic E-state index is -0.797. The number of aliphatic carboxylic acids is 1. The molecule has 0 spiro atoms. The Labute approximate surface area is 166 Å². The highest BCUT2D eigenvalue weighted by Gasteiger charge is 2.30. The molecule has 0 saturated carbocycles. The van der Waals surface area contributed by atoms with Crippen LogP contribution >= 0.6 is 0 Å². The third kappa shape index (κ3) is 4.17. The summed E-state index contributed by atoms with van der Waals surface area (Å²) in [4.78, 5) is 11.7. The van der Waals surface area contributed by atoms with Crippen molar-refractivity contribution in [2.45, 2.75) is 12.8 Å². The SMILES string of the molecule is O=C(O)[C@@H](Cc1cccc(-n2cc(-c3cc(F)ccc3F)nn2)c1)[C@H]1CCNC1. The normalized spacial score (nSPS) is 17.4. The number of halogens is 2. The lowest BCUT2D eigenvalue weighted by atomic mass is 9.86. The number of carbonyl (C=O) groups is 1. The smallest absolute Gasteiger partial charge is 0.307 e. The predicted octanol–water partition coefficient (Wildman–Crippen LogP) is 3.07. The molecule has 29 heavy (non-hydrogen) atoms. The molecule has 1 aromatic heterocycles. The molecule has 2 atom stereocenters. The lowest BCUT2D eigenvalue weighted by Gasteiger charge is -2.19. The molecule has 1 aliphatic rings. The summed E-state index contributed by atoms with van der Waals surface area (Å²) in [7, 11) is 0. The first-order valence-corrected chi connectivity index (χ1v) is 9.42. The maximum absolute atomic E-state index is 14.0. The van der Waals surface area contributed by atoms with Crippen LogP contribution in [0.15, 0.2) is 48.7 Å². The Balaban J connectivity index is 1.58. The third-order valence-electron chi connectivity index (χ3n) is 5.31.